The number of H-pyrrole nitrogens is 1. The molecule has 0 saturated carbocycles. The number of rotatable bonds is 2. The van der Waals surface area contributed by atoms with E-state index in [-0.39, 0.29) is 18.4 Å². The first-order valence-electron chi connectivity index (χ1n) is 7.79. The van der Waals surface area contributed by atoms with Crippen molar-refractivity contribution in [3.8, 4) is 11.5 Å². The second-order valence-corrected chi connectivity index (χ2v) is 7.61. The minimum Gasteiger partial charge on any atom is -0.495 e. The summed E-state index contributed by atoms with van der Waals surface area (Å²) in [4.78, 5) is 25.3. The minimum atomic E-state index is -0.377. The molecule has 29 heavy (non-hydrogen) atoms. The minimum absolute atomic E-state index is 0. The number of ether oxygens (including phenoxy) is 2. The molecule has 152 valence electrons. The molecule has 7 nitrogen and oxygen atoms in total. The summed E-state index contributed by atoms with van der Waals surface area (Å²) < 4.78 is 12.1. The molecule has 0 aliphatic rings. The highest BCUT2D eigenvalue weighted by Gasteiger charge is 2.06. The van der Waals surface area contributed by atoms with Gasteiger partial charge in [0.1, 0.15) is 17.0 Å². The topological polar surface area (TPSA) is 90.0 Å². The third kappa shape index (κ3) is 5.43. The van der Waals surface area contributed by atoms with Crippen molar-refractivity contribution in [2.75, 3.05) is 14.2 Å². The molecule has 0 amide bonds. The lowest BCUT2D eigenvalue weighted by molar-refractivity contribution is 0.418. The molecule has 0 aliphatic heterocycles. The lowest BCUT2D eigenvalue weighted by atomic mass is 10.2. The molecule has 0 fully saturated rings. The zero-order valence-corrected chi connectivity index (χ0v) is 18.6. The summed E-state index contributed by atoms with van der Waals surface area (Å²) in [5.74, 6) is 1.30. The highest BCUT2D eigenvalue weighted by Crippen LogP contribution is 2.29. The molecule has 0 saturated heterocycles. The van der Waals surface area contributed by atoms with E-state index in [0.29, 0.717) is 17.0 Å². The van der Waals surface area contributed by atoms with Crippen LogP contribution in [-0.2, 0) is 0 Å². The molecule has 2 aromatic carbocycles. The van der Waals surface area contributed by atoms with Crippen molar-refractivity contribution in [2.45, 2.75) is 7.43 Å². The quantitative estimate of drug-likeness (QED) is 0.341. The molecule has 10 heteroatoms. The number of hydrogen-bond acceptors (Lipinski definition) is 6. The van der Waals surface area contributed by atoms with Crippen LogP contribution < -0.4 is 15.2 Å². The second-order valence-electron chi connectivity index (χ2n) is 5.45. The van der Waals surface area contributed by atoms with Gasteiger partial charge in [0.25, 0.3) is 0 Å². The van der Waals surface area contributed by atoms with Gasteiger partial charge in [-0.1, -0.05) is 39.3 Å². The number of fused-ring (bicyclic) bond motifs is 2. The third-order valence-electron chi connectivity index (χ3n) is 3.67. The van der Waals surface area contributed by atoms with Crippen molar-refractivity contribution >= 4 is 65.3 Å². The van der Waals surface area contributed by atoms with Crippen LogP contribution in [0.4, 0.5) is 0 Å². The Labute approximate surface area is 188 Å². The van der Waals surface area contributed by atoms with Crippen LogP contribution in [0.1, 0.15) is 7.43 Å². The Hall–Kier alpha value is -2.23. The van der Waals surface area contributed by atoms with Crippen molar-refractivity contribution in [3.63, 3.8) is 0 Å². The van der Waals surface area contributed by atoms with Crippen molar-refractivity contribution in [1.29, 1.82) is 0 Å². The number of halogens is 3. The van der Waals surface area contributed by atoms with Crippen molar-refractivity contribution < 1.29 is 9.47 Å². The van der Waals surface area contributed by atoms with Gasteiger partial charge in [0.15, 0.2) is 0 Å². The Balaban J connectivity index is 0.000000200. The number of benzene rings is 2. The monoisotopic (exact) mass is 542 g/mol. The van der Waals surface area contributed by atoms with E-state index in [1.54, 1.807) is 26.5 Å². The highest BCUT2D eigenvalue weighted by molar-refractivity contribution is 9.10. The van der Waals surface area contributed by atoms with E-state index in [9.17, 15) is 4.79 Å². The molecule has 4 rings (SSSR count). The van der Waals surface area contributed by atoms with Crippen LogP contribution >= 0.6 is 43.5 Å². The fourth-order valence-electron chi connectivity index (χ4n) is 2.48. The van der Waals surface area contributed by atoms with Gasteiger partial charge in [-0.15, -0.1) is 0 Å². The summed E-state index contributed by atoms with van der Waals surface area (Å²) in [6, 6.07) is 7.40. The van der Waals surface area contributed by atoms with Gasteiger partial charge in [-0.25, -0.2) is 19.7 Å². The molecule has 2 heterocycles. The fourth-order valence-corrected chi connectivity index (χ4v) is 3.52. The van der Waals surface area contributed by atoms with E-state index in [1.807, 2.05) is 18.2 Å². The van der Waals surface area contributed by atoms with Gasteiger partial charge in [0.2, 0.25) is 5.28 Å². The van der Waals surface area contributed by atoms with Crippen LogP contribution in [0.15, 0.2) is 50.4 Å². The summed E-state index contributed by atoms with van der Waals surface area (Å²) >= 11 is 12.4. The Kier molecular flexibility index (Phi) is 7.95. The molecule has 0 radical (unpaired) electrons. The molecule has 0 atom stereocenters. The van der Waals surface area contributed by atoms with Crippen LogP contribution in [0.2, 0.25) is 5.28 Å². The maximum atomic E-state index is 11.0. The Morgan fingerprint density at radius 1 is 0.931 bits per heavy atom. The largest absolute Gasteiger partial charge is 0.495 e. The van der Waals surface area contributed by atoms with Gasteiger partial charge in [-0.05, 0) is 35.9 Å². The molecule has 0 aliphatic carbocycles. The first-order chi connectivity index (χ1) is 13.4. The van der Waals surface area contributed by atoms with E-state index in [0.717, 1.165) is 25.2 Å². The van der Waals surface area contributed by atoms with Gasteiger partial charge < -0.3 is 14.5 Å². The van der Waals surface area contributed by atoms with E-state index in [4.69, 9.17) is 21.1 Å². The SMILES string of the molecule is C.COc1cc(Br)cc2cnc(=O)[nH]c12.COc1cc(Br)cc2cnc(Cl)nc12. The first-order valence-corrected chi connectivity index (χ1v) is 9.76. The van der Waals surface area contributed by atoms with Crippen molar-refractivity contribution in [3.05, 3.63) is 61.4 Å². The molecule has 0 bridgehead atoms. The summed E-state index contributed by atoms with van der Waals surface area (Å²) in [6.07, 6.45) is 3.18. The second kappa shape index (κ2) is 10.00. The van der Waals surface area contributed by atoms with Gasteiger partial charge in [0, 0.05) is 32.1 Å². The van der Waals surface area contributed by atoms with E-state index in [2.05, 4.69) is 51.8 Å². The van der Waals surface area contributed by atoms with E-state index < -0.39 is 0 Å². The summed E-state index contributed by atoms with van der Waals surface area (Å²) in [7, 11) is 3.15. The Bertz CT molecular complexity index is 1220. The highest BCUT2D eigenvalue weighted by atomic mass is 79.9. The average molecular weight is 545 g/mol. The predicted molar refractivity (Wildman–Crippen MR) is 122 cm³/mol. The number of nitrogens with zero attached hydrogens (tertiary/aromatic N) is 3. The van der Waals surface area contributed by atoms with Gasteiger partial charge in [-0.3, -0.25) is 0 Å². The molecule has 2 aromatic heterocycles. The van der Waals surface area contributed by atoms with Crippen LogP contribution in [-0.4, -0.2) is 34.2 Å². The van der Waals surface area contributed by atoms with E-state index >= 15 is 0 Å². The number of methoxy groups -OCH3 is 2. The standard InChI is InChI=1S/C9H6BrClN2O.C9H7BrN2O2.CH4/c1-14-7-3-6(10)2-5-4-12-9(11)13-8(5)7;1-14-7-3-6(10)2-5-4-11-9(13)12-8(5)7;/h2-4H,1H3;2-4H,1H3,(H,11,12,13);1H4. The Morgan fingerprint density at radius 2 is 1.52 bits per heavy atom. The van der Waals surface area contributed by atoms with Gasteiger partial charge in [0.05, 0.1) is 19.7 Å². The van der Waals surface area contributed by atoms with Crippen LogP contribution in [0, 0.1) is 0 Å². The van der Waals surface area contributed by atoms with Crippen molar-refractivity contribution in [1.82, 2.24) is 19.9 Å². The third-order valence-corrected chi connectivity index (χ3v) is 4.77. The van der Waals surface area contributed by atoms with Gasteiger partial charge in [-0.2, -0.15) is 0 Å². The van der Waals surface area contributed by atoms with Crippen LogP contribution in [0.3, 0.4) is 0 Å². The molecule has 4 aromatic rings. The summed E-state index contributed by atoms with van der Waals surface area (Å²) in [6.45, 7) is 0. The first kappa shape index (κ1) is 23.1. The average Bonchev–Trinajstić information content (AvgIpc) is 2.68. The zero-order valence-electron chi connectivity index (χ0n) is 14.7. The molecule has 1 N–H and O–H groups in total. The van der Waals surface area contributed by atoms with E-state index in [1.165, 1.54) is 6.20 Å². The summed E-state index contributed by atoms with van der Waals surface area (Å²) in [5, 5.41) is 1.94. The number of nitrogens with one attached hydrogen (secondary N) is 1. The van der Waals surface area contributed by atoms with Crippen LogP contribution in [0.5, 0.6) is 11.5 Å². The molecular weight excluding hydrogens is 527 g/mol. The molecule has 0 spiro atoms. The van der Waals surface area contributed by atoms with Crippen molar-refractivity contribution in [2.24, 2.45) is 0 Å². The lowest BCUT2D eigenvalue weighted by Gasteiger charge is -2.04. The zero-order chi connectivity index (χ0) is 20.3. The number of aromatic nitrogens is 4. The smallest absolute Gasteiger partial charge is 0.345 e. The molecular formula is C19H17Br2ClN4O3. The fraction of sp³-hybridized carbons (Fsp3) is 0.158. The number of aromatic amines is 1. The normalized spacial score (nSPS) is 10.1. The maximum Gasteiger partial charge on any atom is 0.345 e. The number of hydrogen-bond donors (Lipinski definition) is 1. The summed E-state index contributed by atoms with van der Waals surface area (Å²) in [5.41, 5.74) is 1.00. The predicted octanol–water partition coefficient (Wildman–Crippen LogP) is 5.38. The maximum absolute atomic E-state index is 11.0. The Morgan fingerprint density at radius 3 is 2.17 bits per heavy atom. The molecule has 0 unspecified atom stereocenters. The van der Waals surface area contributed by atoms with Gasteiger partial charge >= 0.3 is 5.69 Å². The lowest BCUT2D eigenvalue weighted by Crippen LogP contribution is -2.09. The van der Waals surface area contributed by atoms with Crippen LogP contribution in [0.25, 0.3) is 21.8 Å².